The number of rotatable bonds is 4. The number of hydrogen-bond acceptors (Lipinski definition) is 1. The summed E-state index contributed by atoms with van der Waals surface area (Å²) < 4.78 is 0. The summed E-state index contributed by atoms with van der Waals surface area (Å²) in [6.07, 6.45) is 0.521. The van der Waals surface area contributed by atoms with E-state index in [1.54, 1.807) is 4.90 Å². The van der Waals surface area contributed by atoms with Gasteiger partial charge in [0.2, 0.25) is 5.91 Å². The number of aryl methyl sites for hydroxylation is 2. The van der Waals surface area contributed by atoms with Gasteiger partial charge >= 0.3 is 0 Å². The predicted octanol–water partition coefficient (Wildman–Crippen LogP) is 4.46. The Bertz CT molecular complexity index is 598. The average Bonchev–Trinajstić information content (AvgIpc) is 2.46. The van der Waals surface area contributed by atoms with Crippen LogP contribution in [0.15, 0.2) is 48.5 Å². The van der Waals surface area contributed by atoms with Crippen LogP contribution in [0.3, 0.4) is 0 Å². The van der Waals surface area contributed by atoms with Crippen molar-refractivity contribution in [3.63, 3.8) is 0 Å². The Kier molecular flexibility index (Phi) is 4.79. The second-order valence-corrected chi connectivity index (χ2v) is 5.81. The van der Waals surface area contributed by atoms with E-state index in [1.165, 1.54) is 16.7 Å². The first kappa shape index (κ1) is 15.3. The zero-order valence-corrected chi connectivity index (χ0v) is 13.3. The number of amides is 1. The van der Waals surface area contributed by atoms with Crippen molar-refractivity contribution in [2.45, 2.75) is 33.1 Å². The second kappa shape index (κ2) is 6.57. The minimum absolute atomic E-state index is 0.149. The summed E-state index contributed by atoms with van der Waals surface area (Å²) in [6.45, 7) is 6.21. The standard InChI is InChI=1S/C19H23NO/c1-14-10-15(2)12-18(11-14)20(4)19(21)13-16(3)17-8-6-5-7-9-17/h5-12,16H,13H2,1-4H3. The maximum atomic E-state index is 12.5. The lowest BCUT2D eigenvalue weighted by molar-refractivity contribution is -0.118. The molecule has 1 amide bonds. The van der Waals surface area contributed by atoms with Crippen molar-refractivity contribution in [2.75, 3.05) is 11.9 Å². The van der Waals surface area contributed by atoms with E-state index >= 15 is 0 Å². The molecule has 2 aromatic carbocycles. The Balaban J connectivity index is 2.09. The van der Waals surface area contributed by atoms with E-state index in [1.807, 2.05) is 25.2 Å². The van der Waals surface area contributed by atoms with Crippen LogP contribution in [0.4, 0.5) is 5.69 Å². The van der Waals surface area contributed by atoms with Gasteiger partial charge in [-0.3, -0.25) is 4.79 Å². The fourth-order valence-corrected chi connectivity index (χ4v) is 2.59. The van der Waals surface area contributed by atoms with Gasteiger partial charge in [-0.25, -0.2) is 0 Å². The SMILES string of the molecule is Cc1cc(C)cc(N(C)C(=O)CC(C)c2ccccc2)c1. The molecule has 0 heterocycles. The summed E-state index contributed by atoms with van der Waals surface area (Å²) in [4.78, 5) is 14.2. The number of carbonyl (C=O) groups excluding carboxylic acids is 1. The van der Waals surface area contributed by atoms with E-state index in [4.69, 9.17) is 0 Å². The van der Waals surface area contributed by atoms with E-state index < -0.39 is 0 Å². The van der Waals surface area contributed by atoms with E-state index in [2.05, 4.69) is 51.1 Å². The highest BCUT2D eigenvalue weighted by Gasteiger charge is 2.16. The molecule has 2 nitrogen and oxygen atoms in total. The zero-order chi connectivity index (χ0) is 15.4. The van der Waals surface area contributed by atoms with Crippen molar-refractivity contribution < 1.29 is 4.79 Å². The van der Waals surface area contributed by atoms with E-state index in [0.29, 0.717) is 6.42 Å². The van der Waals surface area contributed by atoms with Crippen molar-refractivity contribution in [1.82, 2.24) is 0 Å². The molecule has 0 fully saturated rings. The van der Waals surface area contributed by atoms with Gasteiger partial charge in [-0.15, -0.1) is 0 Å². The fourth-order valence-electron chi connectivity index (χ4n) is 2.59. The van der Waals surface area contributed by atoms with Gasteiger partial charge in [-0.1, -0.05) is 43.3 Å². The summed E-state index contributed by atoms with van der Waals surface area (Å²) >= 11 is 0. The van der Waals surface area contributed by atoms with E-state index in [-0.39, 0.29) is 11.8 Å². The third-order valence-electron chi connectivity index (χ3n) is 3.82. The number of hydrogen-bond donors (Lipinski definition) is 0. The van der Waals surface area contributed by atoms with Gasteiger partial charge in [0.25, 0.3) is 0 Å². The predicted molar refractivity (Wildman–Crippen MR) is 88.8 cm³/mol. The second-order valence-electron chi connectivity index (χ2n) is 5.81. The molecule has 2 rings (SSSR count). The van der Waals surface area contributed by atoms with Gasteiger partial charge in [0.05, 0.1) is 0 Å². The molecule has 21 heavy (non-hydrogen) atoms. The molecule has 0 spiro atoms. The van der Waals surface area contributed by atoms with Gasteiger partial charge in [0.1, 0.15) is 0 Å². The van der Waals surface area contributed by atoms with Crippen LogP contribution < -0.4 is 4.90 Å². The van der Waals surface area contributed by atoms with Crippen LogP contribution in [0, 0.1) is 13.8 Å². The number of carbonyl (C=O) groups is 1. The van der Waals surface area contributed by atoms with Crippen molar-refractivity contribution in [1.29, 1.82) is 0 Å². The molecule has 0 aliphatic heterocycles. The Labute approximate surface area is 127 Å². The highest BCUT2D eigenvalue weighted by molar-refractivity contribution is 5.93. The fraction of sp³-hybridized carbons (Fsp3) is 0.316. The lowest BCUT2D eigenvalue weighted by atomic mass is 9.97. The number of benzene rings is 2. The Hall–Kier alpha value is -2.09. The summed E-state index contributed by atoms with van der Waals surface area (Å²) in [5.74, 6) is 0.378. The minimum Gasteiger partial charge on any atom is -0.315 e. The maximum absolute atomic E-state index is 12.5. The van der Waals surface area contributed by atoms with Crippen LogP contribution in [0.5, 0.6) is 0 Å². The third kappa shape index (κ3) is 3.94. The smallest absolute Gasteiger partial charge is 0.227 e. The number of nitrogens with zero attached hydrogens (tertiary/aromatic N) is 1. The average molecular weight is 281 g/mol. The molecule has 1 unspecified atom stereocenters. The lowest BCUT2D eigenvalue weighted by Gasteiger charge is -2.21. The molecule has 0 N–H and O–H groups in total. The van der Waals surface area contributed by atoms with Crippen molar-refractivity contribution in [2.24, 2.45) is 0 Å². The highest BCUT2D eigenvalue weighted by Crippen LogP contribution is 2.23. The molecule has 110 valence electrons. The minimum atomic E-state index is 0.149. The van der Waals surface area contributed by atoms with Gasteiger partial charge in [-0.2, -0.15) is 0 Å². The van der Waals surface area contributed by atoms with E-state index in [0.717, 1.165) is 5.69 Å². The molecular formula is C19H23NO. The molecular weight excluding hydrogens is 258 g/mol. The molecule has 0 saturated carbocycles. The lowest BCUT2D eigenvalue weighted by Crippen LogP contribution is -2.27. The van der Waals surface area contributed by atoms with Crippen molar-refractivity contribution in [3.05, 3.63) is 65.2 Å². The Morgan fingerprint density at radius 3 is 2.19 bits per heavy atom. The molecule has 0 bridgehead atoms. The molecule has 2 heteroatoms. The molecule has 0 aliphatic carbocycles. The normalized spacial score (nSPS) is 12.0. The monoisotopic (exact) mass is 281 g/mol. The summed E-state index contributed by atoms with van der Waals surface area (Å²) in [5, 5.41) is 0. The summed E-state index contributed by atoms with van der Waals surface area (Å²) in [6, 6.07) is 16.4. The first-order valence-corrected chi connectivity index (χ1v) is 7.37. The largest absolute Gasteiger partial charge is 0.315 e. The topological polar surface area (TPSA) is 20.3 Å². The highest BCUT2D eigenvalue weighted by atomic mass is 16.2. The van der Waals surface area contributed by atoms with Crippen LogP contribution in [-0.2, 0) is 4.79 Å². The quantitative estimate of drug-likeness (QED) is 0.810. The van der Waals surface area contributed by atoms with Gasteiger partial charge < -0.3 is 4.90 Å². The molecule has 0 aliphatic rings. The van der Waals surface area contributed by atoms with Gasteiger partial charge in [0, 0.05) is 19.2 Å². The van der Waals surface area contributed by atoms with Crippen LogP contribution in [0.2, 0.25) is 0 Å². The molecule has 1 atom stereocenters. The first-order chi connectivity index (χ1) is 9.97. The Morgan fingerprint density at radius 2 is 1.62 bits per heavy atom. The zero-order valence-electron chi connectivity index (χ0n) is 13.3. The molecule has 2 aromatic rings. The van der Waals surface area contributed by atoms with E-state index in [9.17, 15) is 4.79 Å². The summed E-state index contributed by atoms with van der Waals surface area (Å²) in [7, 11) is 1.86. The summed E-state index contributed by atoms with van der Waals surface area (Å²) in [5.41, 5.74) is 4.54. The van der Waals surface area contributed by atoms with Crippen molar-refractivity contribution in [3.8, 4) is 0 Å². The van der Waals surface area contributed by atoms with Crippen molar-refractivity contribution >= 4 is 11.6 Å². The molecule has 0 saturated heterocycles. The maximum Gasteiger partial charge on any atom is 0.227 e. The molecule has 0 aromatic heterocycles. The van der Waals surface area contributed by atoms with Crippen LogP contribution >= 0.6 is 0 Å². The van der Waals surface area contributed by atoms with Crippen LogP contribution in [0.1, 0.15) is 36.0 Å². The first-order valence-electron chi connectivity index (χ1n) is 7.37. The Morgan fingerprint density at radius 1 is 1.05 bits per heavy atom. The van der Waals surface area contributed by atoms with Crippen LogP contribution in [0.25, 0.3) is 0 Å². The van der Waals surface area contributed by atoms with Crippen LogP contribution in [-0.4, -0.2) is 13.0 Å². The third-order valence-corrected chi connectivity index (χ3v) is 3.82. The van der Waals surface area contributed by atoms with Gasteiger partial charge in [0.15, 0.2) is 0 Å². The van der Waals surface area contributed by atoms with Gasteiger partial charge in [-0.05, 0) is 48.6 Å². The number of anilines is 1. The molecule has 0 radical (unpaired) electrons.